The molecule has 1 saturated heterocycles. The van der Waals surface area contributed by atoms with Crippen LogP contribution < -0.4 is 20.9 Å². The number of rotatable bonds is 8. The molecule has 1 atom stereocenters. The monoisotopic (exact) mass is 457 g/mol. The maximum absolute atomic E-state index is 13.4. The normalized spacial score (nSPS) is 14.5. The van der Waals surface area contributed by atoms with E-state index in [4.69, 9.17) is 9.84 Å². The van der Waals surface area contributed by atoms with E-state index in [0.29, 0.717) is 43.6 Å². The van der Waals surface area contributed by atoms with Gasteiger partial charge in [0.25, 0.3) is 0 Å². The van der Waals surface area contributed by atoms with Crippen LogP contribution in [0.3, 0.4) is 0 Å². The van der Waals surface area contributed by atoms with Gasteiger partial charge in [-0.25, -0.2) is 14.2 Å². The molecule has 0 saturated carbocycles. The first-order chi connectivity index (χ1) is 16.0. The van der Waals surface area contributed by atoms with Gasteiger partial charge >= 0.3 is 6.09 Å². The number of morpholine rings is 1. The van der Waals surface area contributed by atoms with Gasteiger partial charge in [0.15, 0.2) is 5.82 Å². The van der Waals surface area contributed by atoms with Crippen LogP contribution in [0.25, 0.3) is 0 Å². The number of nitrogens with one attached hydrogen (secondary N) is 3. The third-order valence-corrected chi connectivity index (χ3v) is 4.90. The summed E-state index contributed by atoms with van der Waals surface area (Å²) in [5, 5.41) is 17.6. The average molecular weight is 457 g/mol. The molecule has 12 nitrogen and oxygen atoms in total. The van der Waals surface area contributed by atoms with Crippen LogP contribution in [0.4, 0.5) is 32.8 Å². The van der Waals surface area contributed by atoms with Crippen LogP contribution in [0.5, 0.6) is 0 Å². The van der Waals surface area contributed by atoms with Crippen LogP contribution in [0.1, 0.15) is 11.6 Å². The Morgan fingerprint density at radius 2 is 1.91 bits per heavy atom. The second-order valence-corrected chi connectivity index (χ2v) is 7.37. The van der Waals surface area contributed by atoms with Crippen molar-refractivity contribution in [3.63, 3.8) is 0 Å². The number of aromatic nitrogens is 5. The molecule has 3 aromatic rings. The van der Waals surface area contributed by atoms with Gasteiger partial charge in [0.1, 0.15) is 5.82 Å². The molecule has 1 aromatic carbocycles. The van der Waals surface area contributed by atoms with Gasteiger partial charge in [0, 0.05) is 32.9 Å². The molecule has 13 heteroatoms. The Hall–Kier alpha value is -4.00. The lowest BCUT2D eigenvalue weighted by atomic mass is 10.1. The number of aryl methyl sites for hydroxylation is 1. The number of imidazole rings is 1. The highest BCUT2D eigenvalue weighted by atomic mass is 19.1. The fraction of sp³-hybridized carbons (Fsp3) is 0.350. The lowest BCUT2D eigenvalue weighted by Crippen LogP contribution is -2.37. The largest absolute Gasteiger partial charge is 0.465 e. The van der Waals surface area contributed by atoms with Crippen LogP contribution >= 0.6 is 0 Å². The van der Waals surface area contributed by atoms with E-state index in [9.17, 15) is 9.18 Å². The average Bonchev–Trinajstić information content (AvgIpc) is 3.22. The van der Waals surface area contributed by atoms with Crippen LogP contribution in [0.15, 0.2) is 36.8 Å². The summed E-state index contributed by atoms with van der Waals surface area (Å²) < 4.78 is 20.6. The van der Waals surface area contributed by atoms with Crippen molar-refractivity contribution in [2.45, 2.75) is 6.04 Å². The summed E-state index contributed by atoms with van der Waals surface area (Å²) >= 11 is 0. The van der Waals surface area contributed by atoms with Crippen molar-refractivity contribution in [1.82, 2.24) is 29.8 Å². The van der Waals surface area contributed by atoms with E-state index in [1.165, 1.54) is 12.1 Å². The first kappa shape index (κ1) is 22.2. The summed E-state index contributed by atoms with van der Waals surface area (Å²) in [6, 6.07) is 5.22. The number of halogens is 1. The van der Waals surface area contributed by atoms with Gasteiger partial charge in [-0.2, -0.15) is 15.0 Å². The molecule has 1 unspecified atom stereocenters. The van der Waals surface area contributed by atoms with Gasteiger partial charge in [-0.15, -0.1) is 0 Å². The first-order valence-electron chi connectivity index (χ1n) is 10.3. The predicted octanol–water partition coefficient (Wildman–Crippen LogP) is 1.75. The Balaban J connectivity index is 1.64. The fourth-order valence-corrected chi connectivity index (χ4v) is 3.27. The van der Waals surface area contributed by atoms with Crippen LogP contribution in [-0.2, 0) is 11.8 Å². The van der Waals surface area contributed by atoms with E-state index in [2.05, 4.69) is 35.9 Å². The van der Waals surface area contributed by atoms with Crippen molar-refractivity contribution in [2.24, 2.45) is 7.05 Å². The number of hydrogen-bond acceptors (Lipinski definition) is 9. The maximum atomic E-state index is 13.4. The Morgan fingerprint density at radius 1 is 1.18 bits per heavy atom. The van der Waals surface area contributed by atoms with Gasteiger partial charge in [0.05, 0.1) is 25.6 Å². The Morgan fingerprint density at radius 3 is 2.58 bits per heavy atom. The molecule has 33 heavy (non-hydrogen) atoms. The SMILES string of the molecule is Cn1cnc(Nc2nc(NC(CNC(=O)O)c3ccc(F)cc3)nc(N3CCOCC3)n2)c1. The molecule has 3 heterocycles. The smallest absolute Gasteiger partial charge is 0.404 e. The lowest BCUT2D eigenvalue weighted by Gasteiger charge is -2.27. The molecule has 0 radical (unpaired) electrons. The Kier molecular flexibility index (Phi) is 6.78. The molecule has 4 rings (SSSR count). The quantitative estimate of drug-likeness (QED) is 0.395. The van der Waals surface area contributed by atoms with Crippen molar-refractivity contribution in [3.05, 3.63) is 48.2 Å². The van der Waals surface area contributed by atoms with Crippen molar-refractivity contribution in [1.29, 1.82) is 0 Å². The van der Waals surface area contributed by atoms with E-state index in [0.717, 1.165) is 0 Å². The maximum Gasteiger partial charge on any atom is 0.404 e. The summed E-state index contributed by atoms with van der Waals surface area (Å²) in [6.45, 7) is 2.36. The number of ether oxygens (including phenoxy) is 1. The minimum Gasteiger partial charge on any atom is -0.465 e. The van der Waals surface area contributed by atoms with Gasteiger partial charge < -0.3 is 35.3 Å². The molecular weight excluding hydrogens is 433 g/mol. The highest BCUT2D eigenvalue weighted by Crippen LogP contribution is 2.22. The minimum absolute atomic E-state index is 0.0164. The number of benzene rings is 1. The summed E-state index contributed by atoms with van der Waals surface area (Å²) in [5.41, 5.74) is 0.665. The number of carboxylic acid groups (broad SMARTS) is 1. The zero-order valence-electron chi connectivity index (χ0n) is 17.9. The zero-order valence-corrected chi connectivity index (χ0v) is 17.9. The van der Waals surface area contributed by atoms with Crippen LogP contribution in [0, 0.1) is 5.82 Å². The Labute approximate surface area is 188 Å². The van der Waals surface area contributed by atoms with Crippen LogP contribution in [-0.4, -0.2) is 68.6 Å². The van der Waals surface area contributed by atoms with Crippen LogP contribution in [0.2, 0.25) is 0 Å². The van der Waals surface area contributed by atoms with Crippen molar-refractivity contribution in [2.75, 3.05) is 48.4 Å². The fourth-order valence-electron chi connectivity index (χ4n) is 3.27. The predicted molar refractivity (Wildman–Crippen MR) is 118 cm³/mol. The molecule has 4 N–H and O–H groups in total. The first-order valence-corrected chi connectivity index (χ1v) is 10.3. The van der Waals surface area contributed by atoms with E-state index in [-0.39, 0.29) is 24.3 Å². The van der Waals surface area contributed by atoms with Crippen molar-refractivity contribution < 1.29 is 19.0 Å². The molecule has 1 amide bonds. The van der Waals surface area contributed by atoms with E-state index < -0.39 is 12.1 Å². The van der Waals surface area contributed by atoms with Gasteiger partial charge in [-0.1, -0.05) is 12.1 Å². The molecule has 0 aliphatic carbocycles. The summed E-state index contributed by atoms with van der Waals surface area (Å²) in [4.78, 5) is 30.8. The lowest BCUT2D eigenvalue weighted by molar-refractivity contribution is 0.122. The van der Waals surface area contributed by atoms with Gasteiger partial charge in [-0.05, 0) is 17.7 Å². The minimum atomic E-state index is -1.17. The number of carbonyl (C=O) groups is 1. The number of nitrogens with zero attached hydrogens (tertiary/aromatic N) is 6. The Bertz CT molecular complexity index is 1090. The second kappa shape index (κ2) is 10.1. The summed E-state index contributed by atoms with van der Waals surface area (Å²) in [7, 11) is 1.85. The standard InChI is InChI=1S/C20H24FN9O3/c1-29-11-16(23-12-29)25-18-26-17(27-19(28-18)30-6-8-33-9-7-30)24-15(10-22-20(31)32)13-2-4-14(21)5-3-13/h2-5,11-12,15,22H,6-10H2,1H3,(H,31,32)(H2,24,25,26,27,28). The van der Waals surface area contributed by atoms with E-state index in [1.54, 1.807) is 29.2 Å². The summed E-state index contributed by atoms with van der Waals surface area (Å²) in [6.07, 6.45) is 2.25. The van der Waals surface area contributed by atoms with E-state index in [1.807, 2.05) is 11.9 Å². The number of hydrogen-bond donors (Lipinski definition) is 4. The summed E-state index contributed by atoms with van der Waals surface area (Å²) in [5.74, 6) is 1.12. The molecule has 0 spiro atoms. The topological polar surface area (TPSA) is 142 Å². The molecule has 0 bridgehead atoms. The molecule has 174 valence electrons. The molecule has 1 aliphatic heterocycles. The third kappa shape index (κ3) is 6.04. The van der Waals surface area contributed by atoms with Gasteiger partial charge in [0.2, 0.25) is 17.8 Å². The van der Waals surface area contributed by atoms with Crippen molar-refractivity contribution >= 4 is 29.8 Å². The molecular formula is C20H24FN9O3. The van der Waals surface area contributed by atoms with E-state index >= 15 is 0 Å². The number of anilines is 4. The van der Waals surface area contributed by atoms with Gasteiger partial charge in [-0.3, -0.25) is 0 Å². The number of amides is 1. The molecule has 2 aromatic heterocycles. The molecule has 1 fully saturated rings. The third-order valence-electron chi connectivity index (χ3n) is 4.90. The highest BCUT2D eigenvalue weighted by Gasteiger charge is 2.20. The molecule has 1 aliphatic rings. The van der Waals surface area contributed by atoms with Crippen molar-refractivity contribution in [3.8, 4) is 0 Å². The zero-order chi connectivity index (χ0) is 23.2. The highest BCUT2D eigenvalue weighted by molar-refractivity contribution is 5.64. The second-order valence-electron chi connectivity index (χ2n) is 7.37.